The average Bonchev–Trinajstić information content (AvgIpc) is 2.82. The van der Waals surface area contributed by atoms with E-state index in [-0.39, 0.29) is 12.2 Å². The summed E-state index contributed by atoms with van der Waals surface area (Å²) in [5.74, 6) is -0.937. The van der Waals surface area contributed by atoms with Crippen LogP contribution in [0.3, 0.4) is 0 Å². The summed E-state index contributed by atoms with van der Waals surface area (Å²) in [5, 5.41) is 34.1. The van der Waals surface area contributed by atoms with Gasteiger partial charge in [-0.05, 0) is 48.9 Å². The van der Waals surface area contributed by atoms with E-state index in [1.807, 2.05) is 30.3 Å². The van der Waals surface area contributed by atoms with Crippen LogP contribution in [0.5, 0.6) is 0 Å². The smallest absolute Gasteiger partial charge is 0.381 e. The first-order valence-corrected chi connectivity index (χ1v) is 10.0. The molecular weight excluding hydrogens is 445 g/mol. The second-order valence-electron chi connectivity index (χ2n) is 7.69. The van der Waals surface area contributed by atoms with Crippen LogP contribution in [0.15, 0.2) is 66.7 Å². The van der Waals surface area contributed by atoms with Crippen molar-refractivity contribution in [1.29, 1.82) is 10.5 Å². The van der Waals surface area contributed by atoms with Crippen LogP contribution in [-0.4, -0.2) is 23.2 Å². The number of carbonyl (C=O) groups is 1. The predicted molar refractivity (Wildman–Crippen MR) is 120 cm³/mol. The number of carbonyl (C=O) groups excluding carboxylic acids is 1. The minimum absolute atomic E-state index is 0.208. The summed E-state index contributed by atoms with van der Waals surface area (Å²) in [7, 11) is 0. The van der Waals surface area contributed by atoms with Gasteiger partial charge in [0.15, 0.2) is 5.60 Å². The molecule has 3 N–H and O–H groups in total. The van der Waals surface area contributed by atoms with Gasteiger partial charge < -0.3 is 15.7 Å². The number of anilines is 2. The van der Waals surface area contributed by atoms with Crippen LogP contribution in [0.4, 0.5) is 24.5 Å². The van der Waals surface area contributed by atoms with Crippen molar-refractivity contribution in [2.75, 3.05) is 17.2 Å². The quantitative estimate of drug-likeness (QED) is 0.480. The summed E-state index contributed by atoms with van der Waals surface area (Å²) < 4.78 is 39.6. The molecule has 172 valence electrons. The highest BCUT2D eigenvalue weighted by Gasteiger charge is 2.35. The Labute approximate surface area is 193 Å². The minimum Gasteiger partial charge on any atom is -0.381 e. The lowest BCUT2D eigenvalue weighted by Crippen LogP contribution is -2.45. The molecule has 0 aromatic heterocycles. The number of benzene rings is 3. The van der Waals surface area contributed by atoms with E-state index in [4.69, 9.17) is 5.26 Å². The molecular formula is C25H19F3N4O2. The second-order valence-corrected chi connectivity index (χ2v) is 7.69. The molecule has 0 aliphatic heterocycles. The Balaban J connectivity index is 1.80. The molecule has 3 aromatic rings. The third kappa shape index (κ3) is 5.52. The molecule has 0 saturated carbocycles. The van der Waals surface area contributed by atoms with Gasteiger partial charge in [-0.3, -0.25) is 4.79 Å². The molecule has 9 heteroatoms. The van der Waals surface area contributed by atoms with E-state index < -0.39 is 28.8 Å². The first-order chi connectivity index (χ1) is 16.0. The average molecular weight is 464 g/mol. The molecule has 3 rings (SSSR count). The highest BCUT2D eigenvalue weighted by atomic mass is 19.4. The van der Waals surface area contributed by atoms with E-state index in [1.165, 1.54) is 13.0 Å². The number of amides is 1. The van der Waals surface area contributed by atoms with Crippen molar-refractivity contribution in [3.05, 3.63) is 83.4 Å². The summed E-state index contributed by atoms with van der Waals surface area (Å²) in [5.41, 5.74) is -1.51. The molecule has 0 unspecified atom stereocenters. The van der Waals surface area contributed by atoms with Crippen molar-refractivity contribution >= 4 is 17.3 Å². The second kappa shape index (κ2) is 9.65. The van der Waals surface area contributed by atoms with Crippen molar-refractivity contribution in [1.82, 2.24) is 0 Å². The molecule has 0 heterocycles. The molecule has 34 heavy (non-hydrogen) atoms. The zero-order valence-corrected chi connectivity index (χ0v) is 17.9. The number of nitrogens with one attached hydrogen (secondary N) is 2. The Morgan fingerprint density at radius 3 is 2.32 bits per heavy atom. The molecule has 0 radical (unpaired) electrons. The molecule has 0 fully saturated rings. The van der Waals surface area contributed by atoms with Crippen molar-refractivity contribution in [2.45, 2.75) is 18.7 Å². The summed E-state index contributed by atoms with van der Waals surface area (Å²) >= 11 is 0. The SMILES string of the molecule is C[C@](O)(CNc1ccc(C#N)cc1-c1ccccc1)C(=O)Nc1ccc(C#N)c(C(F)(F)F)c1. The van der Waals surface area contributed by atoms with E-state index in [1.54, 1.807) is 18.2 Å². The van der Waals surface area contributed by atoms with Gasteiger partial charge in [0, 0.05) is 16.9 Å². The molecule has 0 aliphatic carbocycles. The van der Waals surface area contributed by atoms with Gasteiger partial charge in [0.2, 0.25) is 0 Å². The van der Waals surface area contributed by atoms with Crippen molar-refractivity contribution < 1.29 is 23.1 Å². The first kappa shape index (κ1) is 24.3. The number of alkyl halides is 3. The van der Waals surface area contributed by atoms with Crippen LogP contribution in [0.2, 0.25) is 0 Å². The van der Waals surface area contributed by atoms with Gasteiger partial charge in [-0.15, -0.1) is 0 Å². The molecule has 0 spiro atoms. The zero-order valence-electron chi connectivity index (χ0n) is 17.9. The number of rotatable bonds is 6. The molecule has 1 atom stereocenters. The Morgan fingerprint density at radius 2 is 1.71 bits per heavy atom. The van der Waals surface area contributed by atoms with Crippen molar-refractivity contribution in [2.24, 2.45) is 0 Å². The van der Waals surface area contributed by atoms with E-state index in [0.29, 0.717) is 22.9 Å². The van der Waals surface area contributed by atoms with Crippen LogP contribution >= 0.6 is 0 Å². The lowest BCUT2D eigenvalue weighted by molar-refractivity contribution is -0.137. The fraction of sp³-hybridized carbons (Fsp3) is 0.160. The monoisotopic (exact) mass is 464 g/mol. The third-order valence-electron chi connectivity index (χ3n) is 5.05. The first-order valence-electron chi connectivity index (χ1n) is 10.0. The molecule has 6 nitrogen and oxygen atoms in total. The van der Waals surface area contributed by atoms with Crippen LogP contribution < -0.4 is 10.6 Å². The number of hydrogen-bond acceptors (Lipinski definition) is 5. The summed E-state index contributed by atoms with van der Waals surface area (Å²) in [6.45, 7) is 0.947. The standard InChI is InChI=1S/C25H19F3N4O2/c1-24(34,23(33)32-19-9-8-18(14-30)21(12-19)25(26,27)28)15-31-22-10-7-16(13-29)11-20(22)17-5-3-2-4-6-17/h2-12,31,34H,15H2,1H3,(H,32,33)/t24-/m0/s1. The third-order valence-corrected chi connectivity index (χ3v) is 5.05. The van der Waals surface area contributed by atoms with Gasteiger partial charge in [-0.25, -0.2) is 0 Å². The highest BCUT2D eigenvalue weighted by molar-refractivity contribution is 5.97. The maximum atomic E-state index is 13.2. The zero-order chi connectivity index (χ0) is 24.9. The fourth-order valence-corrected chi connectivity index (χ4v) is 3.19. The number of hydrogen-bond donors (Lipinski definition) is 3. The van der Waals surface area contributed by atoms with E-state index >= 15 is 0 Å². The van der Waals surface area contributed by atoms with Gasteiger partial charge in [-0.2, -0.15) is 23.7 Å². The maximum absolute atomic E-state index is 13.2. The maximum Gasteiger partial charge on any atom is 0.417 e. The number of aliphatic hydroxyl groups is 1. The predicted octanol–water partition coefficient (Wildman–Crippen LogP) is 4.92. The number of nitrogens with zero attached hydrogens (tertiary/aromatic N) is 2. The molecule has 0 saturated heterocycles. The van der Waals surface area contributed by atoms with Crippen molar-refractivity contribution in [3.8, 4) is 23.3 Å². The van der Waals surface area contributed by atoms with Gasteiger partial charge in [-0.1, -0.05) is 30.3 Å². The molecule has 1 amide bonds. The lowest BCUT2D eigenvalue weighted by atomic mass is 10.00. The Bertz CT molecular complexity index is 1290. The fourth-order valence-electron chi connectivity index (χ4n) is 3.19. The van der Waals surface area contributed by atoms with Crippen LogP contribution in [0, 0.1) is 22.7 Å². The summed E-state index contributed by atoms with van der Waals surface area (Å²) in [6.07, 6.45) is -4.78. The Hall–Kier alpha value is -4.34. The highest BCUT2D eigenvalue weighted by Crippen LogP contribution is 2.34. The molecule has 3 aromatic carbocycles. The van der Waals surface area contributed by atoms with Crippen LogP contribution in [0.1, 0.15) is 23.6 Å². The van der Waals surface area contributed by atoms with Crippen molar-refractivity contribution in [3.63, 3.8) is 0 Å². The topological polar surface area (TPSA) is 109 Å². The summed E-state index contributed by atoms with van der Waals surface area (Å²) in [4.78, 5) is 12.6. The summed E-state index contributed by atoms with van der Waals surface area (Å²) in [6, 6.07) is 20.4. The Kier molecular flexibility index (Phi) is 6.90. The normalized spacial score (nSPS) is 12.7. The minimum atomic E-state index is -4.78. The van der Waals surface area contributed by atoms with E-state index in [2.05, 4.69) is 16.7 Å². The van der Waals surface area contributed by atoms with Gasteiger partial charge in [0.05, 0.1) is 35.4 Å². The number of halogens is 3. The van der Waals surface area contributed by atoms with Gasteiger partial charge in [0.1, 0.15) is 0 Å². The van der Waals surface area contributed by atoms with Gasteiger partial charge >= 0.3 is 6.18 Å². The van der Waals surface area contributed by atoms with E-state index in [0.717, 1.165) is 17.7 Å². The lowest BCUT2D eigenvalue weighted by Gasteiger charge is -2.24. The van der Waals surface area contributed by atoms with Gasteiger partial charge in [0.25, 0.3) is 5.91 Å². The van der Waals surface area contributed by atoms with Crippen LogP contribution in [-0.2, 0) is 11.0 Å². The Morgan fingerprint density at radius 1 is 1.00 bits per heavy atom. The molecule has 0 bridgehead atoms. The molecule has 0 aliphatic rings. The number of nitriles is 2. The van der Waals surface area contributed by atoms with E-state index in [9.17, 15) is 28.3 Å². The largest absolute Gasteiger partial charge is 0.417 e. The van der Waals surface area contributed by atoms with Crippen LogP contribution in [0.25, 0.3) is 11.1 Å².